The fourth-order valence-electron chi connectivity index (χ4n) is 4.06. The molecule has 0 bridgehead atoms. The number of nitrogens with zero attached hydrogens (tertiary/aromatic N) is 1. The SMILES string of the molecule is O=C(c1ccc(-c2ccc3oc(CCC4=CC=CC=CN4)cc3c2)cc1)N1CCOCC1. The fraction of sp³-hybridized carbons (Fsp3) is 0.222. The first kappa shape index (κ1) is 20.3. The molecule has 1 aromatic heterocycles. The Kier molecular flexibility index (Phi) is 5.90. The van der Waals surface area contributed by atoms with E-state index in [4.69, 9.17) is 9.15 Å². The third-order valence-electron chi connectivity index (χ3n) is 5.86. The third kappa shape index (κ3) is 4.53. The minimum Gasteiger partial charge on any atom is -0.461 e. The topological polar surface area (TPSA) is 54.7 Å². The van der Waals surface area contributed by atoms with Crippen molar-refractivity contribution in [3.05, 3.63) is 96.1 Å². The maximum absolute atomic E-state index is 12.7. The van der Waals surface area contributed by atoms with Gasteiger partial charge in [-0.25, -0.2) is 0 Å². The van der Waals surface area contributed by atoms with Crippen molar-refractivity contribution in [2.24, 2.45) is 0 Å². The minimum atomic E-state index is 0.0685. The van der Waals surface area contributed by atoms with Gasteiger partial charge in [-0.1, -0.05) is 30.4 Å². The predicted molar refractivity (Wildman–Crippen MR) is 126 cm³/mol. The van der Waals surface area contributed by atoms with Crippen LogP contribution in [0, 0.1) is 0 Å². The number of hydrogen-bond acceptors (Lipinski definition) is 4. The largest absolute Gasteiger partial charge is 0.461 e. The number of carbonyl (C=O) groups is 1. The highest BCUT2D eigenvalue weighted by Gasteiger charge is 2.18. The van der Waals surface area contributed by atoms with Gasteiger partial charge in [0.05, 0.1) is 13.2 Å². The number of benzene rings is 2. The van der Waals surface area contributed by atoms with Gasteiger partial charge in [-0.15, -0.1) is 0 Å². The molecule has 0 unspecified atom stereocenters. The second-order valence-corrected chi connectivity index (χ2v) is 8.03. The van der Waals surface area contributed by atoms with Gasteiger partial charge in [0.25, 0.3) is 5.91 Å². The van der Waals surface area contributed by atoms with Crippen LogP contribution >= 0.6 is 0 Å². The van der Waals surface area contributed by atoms with Crippen LogP contribution in [0.1, 0.15) is 22.5 Å². The minimum absolute atomic E-state index is 0.0685. The second kappa shape index (κ2) is 9.28. The van der Waals surface area contributed by atoms with Crippen molar-refractivity contribution in [3.8, 4) is 11.1 Å². The number of fused-ring (bicyclic) bond motifs is 1. The Hall–Kier alpha value is -3.57. The number of carbonyl (C=O) groups excluding carboxylic acids is 1. The van der Waals surface area contributed by atoms with E-state index in [9.17, 15) is 4.79 Å². The maximum atomic E-state index is 12.7. The highest BCUT2D eigenvalue weighted by atomic mass is 16.5. The number of amides is 1. The van der Waals surface area contributed by atoms with Crippen LogP contribution in [0.2, 0.25) is 0 Å². The van der Waals surface area contributed by atoms with E-state index in [1.54, 1.807) is 0 Å². The molecule has 0 spiro atoms. The van der Waals surface area contributed by atoms with Crippen LogP contribution < -0.4 is 5.32 Å². The molecule has 5 heteroatoms. The average Bonchev–Trinajstić information content (AvgIpc) is 3.07. The van der Waals surface area contributed by atoms with Crippen LogP contribution in [-0.4, -0.2) is 37.1 Å². The highest BCUT2D eigenvalue weighted by Crippen LogP contribution is 2.28. The van der Waals surface area contributed by atoms with Crippen LogP contribution in [0.25, 0.3) is 22.1 Å². The van der Waals surface area contributed by atoms with Gasteiger partial charge in [0, 0.05) is 42.4 Å². The van der Waals surface area contributed by atoms with Crippen molar-refractivity contribution in [1.82, 2.24) is 10.2 Å². The zero-order valence-electron chi connectivity index (χ0n) is 17.9. The van der Waals surface area contributed by atoms with Crippen molar-refractivity contribution in [2.75, 3.05) is 26.3 Å². The van der Waals surface area contributed by atoms with Crippen LogP contribution in [-0.2, 0) is 11.2 Å². The van der Waals surface area contributed by atoms with Crippen LogP contribution in [0.5, 0.6) is 0 Å². The van der Waals surface area contributed by atoms with Crippen LogP contribution in [0.15, 0.2) is 89.1 Å². The molecular weight excluding hydrogens is 400 g/mol. The molecule has 3 heterocycles. The summed E-state index contributed by atoms with van der Waals surface area (Å²) in [7, 11) is 0. The van der Waals surface area contributed by atoms with E-state index in [1.165, 1.54) is 5.70 Å². The summed E-state index contributed by atoms with van der Waals surface area (Å²) in [5.74, 6) is 1.04. The van der Waals surface area contributed by atoms with E-state index >= 15 is 0 Å². The Morgan fingerprint density at radius 1 is 0.906 bits per heavy atom. The normalized spacial score (nSPS) is 16.0. The summed E-state index contributed by atoms with van der Waals surface area (Å²) in [6.07, 6.45) is 11.8. The van der Waals surface area contributed by atoms with Crippen molar-refractivity contribution in [1.29, 1.82) is 0 Å². The average molecular weight is 427 g/mol. The van der Waals surface area contributed by atoms with Gasteiger partial charge < -0.3 is 19.4 Å². The van der Waals surface area contributed by atoms with Gasteiger partial charge in [-0.05, 0) is 60.0 Å². The first-order valence-corrected chi connectivity index (χ1v) is 11.1. The molecule has 5 rings (SSSR count). The monoisotopic (exact) mass is 426 g/mol. The second-order valence-electron chi connectivity index (χ2n) is 8.03. The summed E-state index contributed by atoms with van der Waals surface area (Å²) < 4.78 is 11.4. The summed E-state index contributed by atoms with van der Waals surface area (Å²) in [5.41, 5.74) is 4.97. The first-order chi connectivity index (χ1) is 15.8. The predicted octanol–water partition coefficient (Wildman–Crippen LogP) is 5.06. The number of aryl methyl sites for hydroxylation is 1. The number of allylic oxidation sites excluding steroid dienone is 5. The molecule has 5 nitrogen and oxygen atoms in total. The number of nitrogens with one attached hydrogen (secondary N) is 1. The fourth-order valence-corrected chi connectivity index (χ4v) is 4.06. The zero-order valence-corrected chi connectivity index (χ0v) is 17.9. The molecule has 0 aliphatic carbocycles. The van der Waals surface area contributed by atoms with E-state index in [1.807, 2.05) is 59.7 Å². The van der Waals surface area contributed by atoms with E-state index in [2.05, 4.69) is 29.6 Å². The molecule has 162 valence electrons. The number of furan rings is 1. The van der Waals surface area contributed by atoms with Crippen molar-refractivity contribution < 1.29 is 13.9 Å². The summed E-state index contributed by atoms with van der Waals surface area (Å²) in [4.78, 5) is 14.5. The van der Waals surface area contributed by atoms with Crippen molar-refractivity contribution >= 4 is 16.9 Å². The van der Waals surface area contributed by atoms with Crippen molar-refractivity contribution in [3.63, 3.8) is 0 Å². The molecule has 1 saturated heterocycles. The molecule has 1 N–H and O–H groups in total. The summed E-state index contributed by atoms with van der Waals surface area (Å²) in [6.45, 7) is 2.53. The lowest BCUT2D eigenvalue weighted by atomic mass is 10.0. The molecule has 0 atom stereocenters. The van der Waals surface area contributed by atoms with E-state index in [0.717, 1.165) is 40.7 Å². The summed E-state index contributed by atoms with van der Waals surface area (Å²) >= 11 is 0. The van der Waals surface area contributed by atoms with Gasteiger partial charge in [0.1, 0.15) is 11.3 Å². The van der Waals surface area contributed by atoms with E-state index in [0.29, 0.717) is 31.9 Å². The molecular formula is C27H26N2O3. The van der Waals surface area contributed by atoms with Gasteiger partial charge in [-0.2, -0.15) is 0 Å². The molecule has 0 radical (unpaired) electrons. The Morgan fingerprint density at radius 3 is 2.56 bits per heavy atom. The lowest BCUT2D eigenvalue weighted by Gasteiger charge is -2.26. The maximum Gasteiger partial charge on any atom is 0.254 e. The van der Waals surface area contributed by atoms with E-state index in [-0.39, 0.29) is 5.91 Å². The summed E-state index contributed by atoms with van der Waals surface area (Å²) in [6, 6.07) is 16.2. The van der Waals surface area contributed by atoms with Gasteiger partial charge in [0.15, 0.2) is 0 Å². The smallest absolute Gasteiger partial charge is 0.254 e. The Balaban J connectivity index is 1.29. The molecule has 1 amide bonds. The van der Waals surface area contributed by atoms with Crippen LogP contribution in [0.4, 0.5) is 0 Å². The van der Waals surface area contributed by atoms with E-state index < -0.39 is 0 Å². The van der Waals surface area contributed by atoms with Gasteiger partial charge in [-0.3, -0.25) is 4.79 Å². The quantitative estimate of drug-likeness (QED) is 0.620. The number of morpholine rings is 1. The number of rotatable bonds is 5. The third-order valence-corrected chi connectivity index (χ3v) is 5.86. The number of ether oxygens (including phenoxy) is 1. The molecule has 2 aromatic carbocycles. The van der Waals surface area contributed by atoms with Crippen molar-refractivity contribution in [2.45, 2.75) is 12.8 Å². The molecule has 0 saturated carbocycles. The first-order valence-electron chi connectivity index (χ1n) is 11.1. The molecule has 32 heavy (non-hydrogen) atoms. The summed E-state index contributed by atoms with van der Waals surface area (Å²) in [5, 5.41) is 4.38. The molecule has 2 aliphatic rings. The lowest BCUT2D eigenvalue weighted by molar-refractivity contribution is 0.0303. The van der Waals surface area contributed by atoms with Gasteiger partial charge >= 0.3 is 0 Å². The highest BCUT2D eigenvalue weighted by molar-refractivity contribution is 5.95. The standard InChI is InChI=1S/C27H26N2O3/c30-27(29-14-16-31-17-15-29)21-7-5-20(6-8-21)22-9-12-26-23(18-22)19-25(32-26)11-10-24-4-2-1-3-13-28-24/h1-9,12-13,18-19,28H,10-11,14-17H2. The Labute approximate surface area is 187 Å². The van der Waals surface area contributed by atoms with Crippen LogP contribution in [0.3, 0.4) is 0 Å². The zero-order chi connectivity index (χ0) is 21.8. The molecule has 3 aromatic rings. The lowest BCUT2D eigenvalue weighted by Crippen LogP contribution is -2.40. The van der Waals surface area contributed by atoms with Gasteiger partial charge in [0.2, 0.25) is 0 Å². The Bertz CT molecular complexity index is 1200. The molecule has 2 aliphatic heterocycles. The number of hydrogen-bond donors (Lipinski definition) is 1. The molecule has 1 fully saturated rings. The Morgan fingerprint density at radius 2 is 1.72 bits per heavy atom.